The molecule has 58 heavy (non-hydrogen) atoms. The van der Waals surface area contributed by atoms with Crippen molar-refractivity contribution in [2.45, 2.75) is 29.5 Å². The van der Waals surface area contributed by atoms with E-state index in [1.54, 1.807) is 25.4 Å². The number of halogens is 4. The van der Waals surface area contributed by atoms with Crippen molar-refractivity contribution in [3.63, 3.8) is 0 Å². The molecule has 5 aromatic carbocycles. The second-order valence-corrected chi connectivity index (χ2v) is 16.8. The lowest BCUT2D eigenvalue weighted by atomic mass is 10.3. The standard InChI is InChI=1S/C19H13F2N3O4S2.C16H9F2N5O3S2/c1-27-13-7-2-3-8-14(13)29-15-9-10-16(19-18(15)22-28-23-19)30(25,26)24-12-6-4-5-11(20)17(12)21;17-9-2-1-3-10(14(9)18)23-28(24,25)12-5-4-11(15-16(12)22-26-21-15)27-13-6-7-19-8-20-13/h2-10,24H,1H3;1-8,23H. The Morgan fingerprint density at radius 2 is 1.10 bits per heavy atom. The van der Waals surface area contributed by atoms with Crippen LogP contribution in [0.3, 0.4) is 0 Å². The maximum absolute atomic E-state index is 13.9. The molecule has 8 rings (SSSR count). The molecule has 23 heteroatoms. The third-order valence-electron chi connectivity index (χ3n) is 7.71. The van der Waals surface area contributed by atoms with Gasteiger partial charge in [0.1, 0.15) is 26.9 Å². The van der Waals surface area contributed by atoms with Crippen LogP contribution in [0.4, 0.5) is 28.9 Å². The molecule has 0 aliphatic carbocycles. The lowest BCUT2D eigenvalue weighted by Gasteiger charge is -2.11. The number of fused-ring (bicyclic) bond motifs is 2. The van der Waals surface area contributed by atoms with E-state index in [1.165, 1.54) is 66.2 Å². The molecule has 0 saturated carbocycles. The third-order valence-corrected chi connectivity index (χ3v) is 12.6. The average molecular weight is 871 g/mol. The predicted octanol–water partition coefficient (Wildman–Crippen LogP) is 7.70. The van der Waals surface area contributed by atoms with Crippen LogP contribution >= 0.6 is 23.5 Å². The van der Waals surface area contributed by atoms with Crippen LogP contribution in [0.2, 0.25) is 0 Å². The maximum atomic E-state index is 13.9. The number of aromatic nitrogens is 6. The fourth-order valence-electron chi connectivity index (χ4n) is 5.08. The number of para-hydroxylation sites is 1. The van der Waals surface area contributed by atoms with Gasteiger partial charge >= 0.3 is 0 Å². The molecule has 0 aliphatic rings. The van der Waals surface area contributed by atoms with E-state index in [-0.39, 0.29) is 31.9 Å². The van der Waals surface area contributed by atoms with Gasteiger partial charge in [-0.25, -0.2) is 53.6 Å². The van der Waals surface area contributed by atoms with Gasteiger partial charge in [-0.15, -0.1) is 0 Å². The Balaban J connectivity index is 0.000000177. The van der Waals surface area contributed by atoms with Crippen LogP contribution in [-0.4, -0.2) is 54.5 Å². The van der Waals surface area contributed by atoms with Crippen LogP contribution in [-0.2, 0) is 20.0 Å². The number of hydrogen-bond donors (Lipinski definition) is 2. The second kappa shape index (κ2) is 16.7. The van der Waals surface area contributed by atoms with Crippen LogP contribution < -0.4 is 14.2 Å². The molecule has 0 atom stereocenters. The summed E-state index contributed by atoms with van der Waals surface area (Å²) in [5.41, 5.74) is -0.751. The van der Waals surface area contributed by atoms with Crippen molar-refractivity contribution in [2.75, 3.05) is 16.6 Å². The molecule has 2 N–H and O–H groups in total. The Hall–Kier alpha value is -6.30. The molecular formula is C35H22F4N8O7S4. The van der Waals surface area contributed by atoms with Crippen molar-refractivity contribution in [1.82, 2.24) is 30.6 Å². The molecule has 0 spiro atoms. The van der Waals surface area contributed by atoms with E-state index in [2.05, 4.69) is 30.6 Å². The van der Waals surface area contributed by atoms with Crippen LogP contribution in [0.1, 0.15) is 0 Å². The summed E-state index contributed by atoms with van der Waals surface area (Å²) in [7, 11) is -7.06. The van der Waals surface area contributed by atoms with Crippen molar-refractivity contribution in [2.24, 2.45) is 0 Å². The van der Waals surface area contributed by atoms with E-state index >= 15 is 0 Å². The molecule has 0 amide bonds. The number of anilines is 2. The lowest BCUT2D eigenvalue weighted by Crippen LogP contribution is -2.15. The summed E-state index contributed by atoms with van der Waals surface area (Å²) in [6.45, 7) is 0. The number of ether oxygens (including phenoxy) is 1. The minimum atomic E-state index is -4.30. The first-order valence-electron chi connectivity index (χ1n) is 16.0. The van der Waals surface area contributed by atoms with Crippen molar-refractivity contribution < 1.29 is 48.4 Å². The van der Waals surface area contributed by atoms with E-state index in [0.717, 1.165) is 29.2 Å². The van der Waals surface area contributed by atoms with Crippen LogP contribution in [0.25, 0.3) is 22.1 Å². The van der Waals surface area contributed by atoms with Crippen molar-refractivity contribution in [1.29, 1.82) is 0 Å². The highest BCUT2D eigenvalue weighted by Gasteiger charge is 2.26. The zero-order valence-corrected chi connectivity index (χ0v) is 32.3. The highest BCUT2D eigenvalue weighted by molar-refractivity contribution is 8.00. The van der Waals surface area contributed by atoms with Crippen LogP contribution in [0.15, 0.2) is 142 Å². The number of hydrogen-bond acceptors (Lipinski definition) is 15. The van der Waals surface area contributed by atoms with Gasteiger partial charge in [-0.2, -0.15) is 0 Å². The zero-order valence-electron chi connectivity index (χ0n) is 29.0. The SMILES string of the molecule is COc1ccccc1Sc1ccc(S(=O)(=O)Nc2cccc(F)c2F)c2nonc12.O=S(=O)(Nc1cccc(F)c1F)c1ccc(Sc2ccncn2)c2nonc12. The molecule has 8 aromatic rings. The number of methoxy groups -OCH3 is 1. The Morgan fingerprint density at radius 1 is 0.586 bits per heavy atom. The van der Waals surface area contributed by atoms with Gasteiger partial charge < -0.3 is 4.74 Å². The summed E-state index contributed by atoms with van der Waals surface area (Å²) < 4.78 is 124. The van der Waals surface area contributed by atoms with E-state index in [4.69, 9.17) is 14.0 Å². The van der Waals surface area contributed by atoms with Gasteiger partial charge in [0, 0.05) is 16.0 Å². The Kier molecular flexibility index (Phi) is 11.5. The first-order chi connectivity index (χ1) is 27.9. The van der Waals surface area contributed by atoms with Crippen LogP contribution in [0.5, 0.6) is 5.75 Å². The van der Waals surface area contributed by atoms with Gasteiger partial charge in [0.25, 0.3) is 20.0 Å². The van der Waals surface area contributed by atoms with E-state index in [1.807, 2.05) is 27.6 Å². The fourth-order valence-corrected chi connectivity index (χ4v) is 9.29. The maximum Gasteiger partial charge on any atom is 0.264 e. The van der Waals surface area contributed by atoms with Crippen molar-refractivity contribution in [3.8, 4) is 5.75 Å². The summed E-state index contributed by atoms with van der Waals surface area (Å²) in [6, 6.07) is 20.9. The van der Waals surface area contributed by atoms with Gasteiger partial charge in [-0.3, -0.25) is 9.44 Å². The van der Waals surface area contributed by atoms with Gasteiger partial charge in [-0.1, -0.05) is 47.8 Å². The van der Waals surface area contributed by atoms with E-state index in [9.17, 15) is 34.4 Å². The second-order valence-electron chi connectivity index (χ2n) is 11.4. The highest BCUT2D eigenvalue weighted by atomic mass is 32.2. The first kappa shape index (κ1) is 39.9. The summed E-state index contributed by atoms with van der Waals surface area (Å²) >= 11 is 2.50. The Morgan fingerprint density at radius 3 is 1.62 bits per heavy atom. The van der Waals surface area contributed by atoms with Gasteiger partial charge in [0.15, 0.2) is 45.3 Å². The van der Waals surface area contributed by atoms with Crippen molar-refractivity contribution >= 4 is 77.0 Å². The summed E-state index contributed by atoms with van der Waals surface area (Å²) in [5, 5.41) is 15.5. The molecule has 0 saturated heterocycles. The molecular weight excluding hydrogens is 849 g/mol. The van der Waals surface area contributed by atoms with E-state index < -0.39 is 54.7 Å². The van der Waals surface area contributed by atoms with E-state index in [0.29, 0.717) is 20.6 Å². The molecule has 0 aliphatic heterocycles. The molecule has 0 fully saturated rings. The highest BCUT2D eigenvalue weighted by Crippen LogP contribution is 2.39. The first-order valence-corrected chi connectivity index (χ1v) is 20.6. The van der Waals surface area contributed by atoms with Gasteiger partial charge in [0.2, 0.25) is 0 Å². The molecule has 3 heterocycles. The van der Waals surface area contributed by atoms with Gasteiger partial charge in [0.05, 0.1) is 23.4 Å². The quantitative estimate of drug-likeness (QED) is 0.0944. The molecule has 0 radical (unpaired) electrons. The largest absolute Gasteiger partial charge is 0.496 e. The summed E-state index contributed by atoms with van der Waals surface area (Å²) in [6.07, 6.45) is 2.93. The van der Waals surface area contributed by atoms with Crippen LogP contribution in [0, 0.1) is 23.3 Å². The Bertz CT molecular complexity index is 3020. The number of nitrogens with zero attached hydrogens (tertiary/aromatic N) is 6. The minimum absolute atomic E-state index is 0.0424. The molecule has 296 valence electrons. The summed E-state index contributed by atoms with van der Waals surface area (Å²) in [4.78, 5) is 9.22. The normalized spacial score (nSPS) is 11.6. The summed E-state index contributed by atoms with van der Waals surface area (Å²) in [5.74, 6) is -4.33. The monoisotopic (exact) mass is 870 g/mol. The number of sulfonamides is 2. The predicted molar refractivity (Wildman–Crippen MR) is 201 cm³/mol. The topological polar surface area (TPSA) is 205 Å². The number of rotatable bonds is 11. The Labute approximate surface area is 333 Å². The average Bonchev–Trinajstić information content (AvgIpc) is 3.91. The molecule has 0 bridgehead atoms. The van der Waals surface area contributed by atoms with Gasteiger partial charge in [-0.05, 0) is 87.4 Å². The minimum Gasteiger partial charge on any atom is -0.496 e. The molecule has 0 unspecified atom stereocenters. The number of nitrogens with one attached hydrogen (secondary N) is 2. The zero-order chi connectivity index (χ0) is 41.0. The number of benzene rings is 5. The smallest absolute Gasteiger partial charge is 0.264 e. The third kappa shape index (κ3) is 8.37. The van der Waals surface area contributed by atoms with Crippen molar-refractivity contribution in [3.05, 3.63) is 127 Å². The molecule has 15 nitrogen and oxygen atoms in total. The molecule has 3 aromatic heterocycles. The lowest BCUT2D eigenvalue weighted by molar-refractivity contribution is 0.314. The fraction of sp³-hybridized carbons (Fsp3) is 0.0286.